The Labute approximate surface area is 73.8 Å². The Kier molecular flexibility index (Phi) is 2.03. The van der Waals surface area contributed by atoms with E-state index in [1.807, 2.05) is 6.08 Å². The molecule has 1 nitrogen and oxygen atoms in total. The zero-order chi connectivity index (χ0) is 8.55. The Bertz CT molecular complexity index is 207. The van der Waals surface area contributed by atoms with Crippen LogP contribution in [-0.4, -0.2) is 5.78 Å². The molecule has 0 aliphatic heterocycles. The summed E-state index contributed by atoms with van der Waals surface area (Å²) in [7, 11) is 0. The molecule has 2 aliphatic rings. The van der Waals surface area contributed by atoms with Gasteiger partial charge >= 0.3 is 0 Å². The summed E-state index contributed by atoms with van der Waals surface area (Å²) in [5.41, 5.74) is 0. The summed E-state index contributed by atoms with van der Waals surface area (Å²) in [5, 5.41) is 0. The molecule has 3 atom stereocenters. The highest BCUT2D eigenvalue weighted by Crippen LogP contribution is 2.54. The SMILES string of the molecule is C=CCCC[C@H]1C(=O)C[C@@H]2C[C@@H]21. The minimum absolute atomic E-state index is 0.440. The standard InChI is InChI=1S/C11H16O/c1-2-3-4-5-9-10-6-8(10)7-11(9)12/h2,8-10H,1,3-7H2/t8-,9+,10-/m0/s1. The van der Waals surface area contributed by atoms with Crippen molar-refractivity contribution in [3.63, 3.8) is 0 Å². The summed E-state index contributed by atoms with van der Waals surface area (Å²) >= 11 is 0. The van der Waals surface area contributed by atoms with Crippen LogP contribution in [0, 0.1) is 17.8 Å². The zero-order valence-electron chi connectivity index (χ0n) is 7.46. The predicted molar refractivity (Wildman–Crippen MR) is 48.8 cm³/mol. The number of hydrogen-bond donors (Lipinski definition) is 0. The van der Waals surface area contributed by atoms with Crippen LogP contribution in [0.1, 0.15) is 32.1 Å². The molecule has 0 aromatic rings. The summed E-state index contributed by atoms with van der Waals surface area (Å²) in [4.78, 5) is 11.4. The van der Waals surface area contributed by atoms with Gasteiger partial charge in [0.1, 0.15) is 5.78 Å². The van der Waals surface area contributed by atoms with Gasteiger partial charge in [-0.3, -0.25) is 4.79 Å². The van der Waals surface area contributed by atoms with Crippen LogP contribution in [0.5, 0.6) is 0 Å². The van der Waals surface area contributed by atoms with Crippen LogP contribution >= 0.6 is 0 Å². The van der Waals surface area contributed by atoms with Gasteiger partial charge in [0.2, 0.25) is 0 Å². The average molecular weight is 164 g/mol. The third-order valence-electron chi connectivity index (χ3n) is 3.29. The van der Waals surface area contributed by atoms with Gasteiger partial charge in [0.25, 0.3) is 0 Å². The van der Waals surface area contributed by atoms with Crippen molar-refractivity contribution in [2.75, 3.05) is 0 Å². The molecule has 2 rings (SSSR count). The molecule has 0 unspecified atom stereocenters. The molecule has 0 heterocycles. The van der Waals surface area contributed by atoms with Gasteiger partial charge in [-0.2, -0.15) is 0 Å². The van der Waals surface area contributed by atoms with Crippen LogP contribution < -0.4 is 0 Å². The first-order valence-corrected chi connectivity index (χ1v) is 4.96. The van der Waals surface area contributed by atoms with Crippen molar-refractivity contribution >= 4 is 5.78 Å². The van der Waals surface area contributed by atoms with Crippen molar-refractivity contribution in [1.82, 2.24) is 0 Å². The molecule has 2 fully saturated rings. The lowest BCUT2D eigenvalue weighted by Crippen LogP contribution is -2.10. The second kappa shape index (κ2) is 3.04. The predicted octanol–water partition coefficient (Wildman–Crippen LogP) is 2.57. The summed E-state index contributed by atoms with van der Waals surface area (Å²) in [6, 6.07) is 0. The number of fused-ring (bicyclic) bond motifs is 1. The summed E-state index contributed by atoms with van der Waals surface area (Å²) in [6.07, 6.45) is 7.52. The van der Waals surface area contributed by atoms with Crippen LogP contribution in [-0.2, 0) is 4.79 Å². The molecule has 0 saturated heterocycles. The maximum Gasteiger partial charge on any atom is 0.136 e. The minimum atomic E-state index is 0.440. The number of hydrogen-bond acceptors (Lipinski definition) is 1. The summed E-state index contributed by atoms with van der Waals surface area (Å²) < 4.78 is 0. The van der Waals surface area contributed by atoms with Crippen LogP contribution in [0.15, 0.2) is 12.7 Å². The van der Waals surface area contributed by atoms with E-state index in [1.165, 1.54) is 6.42 Å². The van der Waals surface area contributed by atoms with Crippen molar-refractivity contribution in [3.05, 3.63) is 12.7 Å². The van der Waals surface area contributed by atoms with E-state index in [1.54, 1.807) is 0 Å². The monoisotopic (exact) mass is 164 g/mol. The van der Waals surface area contributed by atoms with Gasteiger partial charge in [-0.05, 0) is 37.5 Å². The van der Waals surface area contributed by atoms with E-state index >= 15 is 0 Å². The smallest absolute Gasteiger partial charge is 0.136 e. The molecule has 2 saturated carbocycles. The zero-order valence-corrected chi connectivity index (χ0v) is 7.46. The van der Waals surface area contributed by atoms with E-state index in [2.05, 4.69) is 6.58 Å². The number of Topliss-reactive ketones (excluding diaryl/α,β-unsaturated/α-hetero) is 1. The van der Waals surface area contributed by atoms with Gasteiger partial charge in [0.05, 0.1) is 0 Å². The molecular formula is C11H16O. The molecule has 0 spiro atoms. The molecule has 12 heavy (non-hydrogen) atoms. The molecule has 0 N–H and O–H groups in total. The lowest BCUT2D eigenvalue weighted by Gasteiger charge is -2.08. The van der Waals surface area contributed by atoms with E-state index in [9.17, 15) is 4.79 Å². The van der Waals surface area contributed by atoms with Gasteiger partial charge in [-0.25, -0.2) is 0 Å². The second-order valence-corrected chi connectivity index (χ2v) is 4.16. The third kappa shape index (κ3) is 1.33. The first-order valence-electron chi connectivity index (χ1n) is 4.96. The molecule has 0 aromatic heterocycles. The number of carbonyl (C=O) groups is 1. The molecular weight excluding hydrogens is 148 g/mol. The maximum absolute atomic E-state index is 11.4. The summed E-state index contributed by atoms with van der Waals surface area (Å²) in [5.74, 6) is 2.57. The largest absolute Gasteiger partial charge is 0.299 e. The fourth-order valence-corrected chi connectivity index (χ4v) is 2.50. The molecule has 0 radical (unpaired) electrons. The minimum Gasteiger partial charge on any atom is -0.299 e. The summed E-state index contributed by atoms with van der Waals surface area (Å²) in [6.45, 7) is 3.69. The van der Waals surface area contributed by atoms with Crippen LogP contribution in [0.2, 0.25) is 0 Å². The Morgan fingerprint density at radius 3 is 3.00 bits per heavy atom. The van der Waals surface area contributed by atoms with E-state index in [4.69, 9.17) is 0 Å². The van der Waals surface area contributed by atoms with Crippen LogP contribution in [0.4, 0.5) is 0 Å². The van der Waals surface area contributed by atoms with Crippen molar-refractivity contribution in [1.29, 1.82) is 0 Å². The Hall–Kier alpha value is -0.590. The molecule has 2 aliphatic carbocycles. The fourth-order valence-electron chi connectivity index (χ4n) is 2.50. The van der Waals surface area contributed by atoms with Crippen molar-refractivity contribution in [2.24, 2.45) is 17.8 Å². The topological polar surface area (TPSA) is 17.1 Å². The third-order valence-corrected chi connectivity index (χ3v) is 3.29. The van der Waals surface area contributed by atoms with Gasteiger partial charge in [-0.15, -0.1) is 6.58 Å². The Morgan fingerprint density at radius 2 is 2.42 bits per heavy atom. The number of carbonyl (C=O) groups excluding carboxylic acids is 1. The molecule has 0 amide bonds. The van der Waals surface area contributed by atoms with E-state index in [-0.39, 0.29) is 0 Å². The molecule has 66 valence electrons. The van der Waals surface area contributed by atoms with Gasteiger partial charge in [-0.1, -0.05) is 6.08 Å². The van der Waals surface area contributed by atoms with E-state index in [0.29, 0.717) is 11.7 Å². The molecule has 1 heteroatoms. The number of rotatable bonds is 4. The van der Waals surface area contributed by atoms with Crippen molar-refractivity contribution in [3.8, 4) is 0 Å². The van der Waals surface area contributed by atoms with E-state index < -0.39 is 0 Å². The highest BCUT2D eigenvalue weighted by molar-refractivity contribution is 5.85. The second-order valence-electron chi connectivity index (χ2n) is 4.16. The number of allylic oxidation sites excluding steroid dienone is 1. The number of ketones is 1. The Balaban J connectivity index is 1.79. The molecule has 0 aromatic carbocycles. The van der Waals surface area contributed by atoms with Gasteiger partial charge in [0, 0.05) is 12.3 Å². The molecule has 0 bridgehead atoms. The lowest BCUT2D eigenvalue weighted by atomic mass is 9.96. The van der Waals surface area contributed by atoms with Crippen molar-refractivity contribution in [2.45, 2.75) is 32.1 Å². The first kappa shape index (κ1) is 8.03. The van der Waals surface area contributed by atoms with Crippen molar-refractivity contribution < 1.29 is 4.79 Å². The quantitative estimate of drug-likeness (QED) is 0.461. The van der Waals surface area contributed by atoms with Gasteiger partial charge in [0.15, 0.2) is 0 Å². The first-order chi connectivity index (χ1) is 5.83. The highest BCUT2D eigenvalue weighted by Gasteiger charge is 2.52. The maximum atomic E-state index is 11.4. The fraction of sp³-hybridized carbons (Fsp3) is 0.727. The lowest BCUT2D eigenvalue weighted by molar-refractivity contribution is -0.121. The normalized spacial score (nSPS) is 38.0. The Morgan fingerprint density at radius 1 is 1.58 bits per heavy atom. The van der Waals surface area contributed by atoms with Crippen LogP contribution in [0.25, 0.3) is 0 Å². The van der Waals surface area contributed by atoms with Crippen LogP contribution in [0.3, 0.4) is 0 Å². The average Bonchev–Trinajstić information content (AvgIpc) is 2.72. The van der Waals surface area contributed by atoms with E-state index in [0.717, 1.165) is 37.5 Å². The number of unbranched alkanes of at least 4 members (excludes halogenated alkanes) is 1. The highest BCUT2D eigenvalue weighted by atomic mass is 16.1. The van der Waals surface area contributed by atoms with Gasteiger partial charge < -0.3 is 0 Å².